The third kappa shape index (κ3) is 3.76. The minimum absolute atomic E-state index is 0.157. The summed E-state index contributed by atoms with van der Waals surface area (Å²) in [6.45, 7) is 3.60. The van der Waals surface area contributed by atoms with Crippen molar-refractivity contribution < 1.29 is 26.3 Å². The van der Waals surface area contributed by atoms with Crippen LogP contribution in [0.2, 0.25) is 0 Å². The number of terminal acetylenes is 1. The average molecular weight is 473 g/mol. The Labute approximate surface area is 185 Å². The zero-order valence-electron chi connectivity index (χ0n) is 16.3. The van der Waals surface area contributed by atoms with Crippen LogP contribution in [0.5, 0.6) is 0 Å². The van der Waals surface area contributed by atoms with E-state index in [9.17, 15) is 26.3 Å². The number of allylic oxidation sites excluding steroid dienone is 1. The van der Waals surface area contributed by atoms with Crippen LogP contribution in [0.3, 0.4) is 0 Å². The molecular weight excluding hydrogens is 454 g/mol. The van der Waals surface area contributed by atoms with Crippen LogP contribution in [-0.2, 0) is 6.42 Å². The molecule has 2 unspecified atom stereocenters. The summed E-state index contributed by atoms with van der Waals surface area (Å²) >= 11 is 2.07. The minimum atomic E-state index is -5.53. The number of rotatable bonds is 6. The van der Waals surface area contributed by atoms with E-state index in [1.54, 1.807) is 24.5 Å². The molecule has 0 aliphatic heterocycles. The summed E-state index contributed by atoms with van der Waals surface area (Å²) < 4.78 is 88.4. The van der Waals surface area contributed by atoms with Crippen molar-refractivity contribution in [3.05, 3.63) is 66.2 Å². The Morgan fingerprint density at radius 2 is 1.55 bits per heavy atom. The fourth-order valence-electron chi connectivity index (χ4n) is 3.97. The predicted molar refractivity (Wildman–Crippen MR) is 114 cm³/mol. The Morgan fingerprint density at radius 3 is 2.16 bits per heavy atom. The van der Waals surface area contributed by atoms with Crippen molar-refractivity contribution in [1.82, 2.24) is 0 Å². The SMILES string of the molecule is C#CSc1ccccc1CC1C(C(=C)c2ccccc2SC)C(F)(F)C(F)(F)C1(F)F. The fraction of sp³-hybridized carbons (Fsp3) is 0.304. The maximum atomic E-state index is 14.9. The van der Waals surface area contributed by atoms with E-state index in [1.165, 1.54) is 42.1 Å². The lowest BCUT2D eigenvalue weighted by molar-refractivity contribution is -0.279. The van der Waals surface area contributed by atoms with Crippen LogP contribution in [0.1, 0.15) is 11.1 Å². The first-order valence-corrected chi connectivity index (χ1v) is 11.2. The van der Waals surface area contributed by atoms with Gasteiger partial charge in [0.15, 0.2) is 0 Å². The van der Waals surface area contributed by atoms with Crippen molar-refractivity contribution >= 4 is 29.1 Å². The van der Waals surface area contributed by atoms with E-state index >= 15 is 0 Å². The van der Waals surface area contributed by atoms with Gasteiger partial charge in [-0.1, -0.05) is 43.0 Å². The molecule has 2 atom stereocenters. The van der Waals surface area contributed by atoms with Crippen LogP contribution in [-0.4, -0.2) is 24.0 Å². The summed E-state index contributed by atoms with van der Waals surface area (Å²) in [6, 6.07) is 12.3. The highest BCUT2D eigenvalue weighted by Gasteiger charge is 2.84. The second-order valence-electron chi connectivity index (χ2n) is 7.16. The predicted octanol–water partition coefficient (Wildman–Crippen LogP) is 7.50. The van der Waals surface area contributed by atoms with Gasteiger partial charge >= 0.3 is 17.8 Å². The van der Waals surface area contributed by atoms with Crippen molar-refractivity contribution in [2.45, 2.75) is 34.0 Å². The van der Waals surface area contributed by atoms with Gasteiger partial charge in [-0.05, 0) is 58.5 Å². The number of benzene rings is 2. The monoisotopic (exact) mass is 472 g/mol. The van der Waals surface area contributed by atoms with Crippen LogP contribution < -0.4 is 0 Å². The molecule has 164 valence electrons. The highest BCUT2D eigenvalue weighted by molar-refractivity contribution is 8.04. The summed E-state index contributed by atoms with van der Waals surface area (Å²) in [5.41, 5.74) is -0.0667. The minimum Gasteiger partial charge on any atom is -0.199 e. The molecule has 2 aromatic rings. The molecule has 1 aliphatic rings. The lowest BCUT2D eigenvalue weighted by Gasteiger charge is -2.28. The van der Waals surface area contributed by atoms with E-state index in [1.807, 2.05) is 0 Å². The Bertz CT molecular complexity index is 1020. The Kier molecular flexibility index (Phi) is 6.50. The Morgan fingerprint density at radius 1 is 0.968 bits per heavy atom. The van der Waals surface area contributed by atoms with Gasteiger partial charge in [0, 0.05) is 15.7 Å². The molecule has 8 heteroatoms. The van der Waals surface area contributed by atoms with Crippen molar-refractivity contribution in [2.75, 3.05) is 6.26 Å². The summed E-state index contributed by atoms with van der Waals surface area (Å²) in [5.74, 6) is -20.3. The second kappa shape index (κ2) is 8.51. The Balaban J connectivity index is 2.15. The van der Waals surface area contributed by atoms with Crippen LogP contribution in [0.4, 0.5) is 26.3 Å². The smallest absolute Gasteiger partial charge is 0.199 e. The van der Waals surface area contributed by atoms with Gasteiger partial charge in [0.2, 0.25) is 0 Å². The first-order chi connectivity index (χ1) is 14.5. The zero-order chi connectivity index (χ0) is 23.0. The van der Waals surface area contributed by atoms with Crippen molar-refractivity contribution in [1.29, 1.82) is 0 Å². The highest BCUT2D eigenvalue weighted by Crippen LogP contribution is 2.65. The first-order valence-electron chi connectivity index (χ1n) is 9.16. The van der Waals surface area contributed by atoms with E-state index < -0.39 is 41.6 Å². The number of thioether (sulfide) groups is 2. The molecule has 31 heavy (non-hydrogen) atoms. The van der Waals surface area contributed by atoms with Crippen LogP contribution in [0.15, 0.2) is 64.9 Å². The van der Waals surface area contributed by atoms with E-state index in [0.717, 1.165) is 11.8 Å². The molecule has 0 bridgehead atoms. The zero-order valence-corrected chi connectivity index (χ0v) is 18.0. The standard InChI is InChI=1S/C23H18F6S2/c1-4-31-18-11-7-5-9-15(18)13-17-20(22(26,27)23(28,29)21(17,24)25)14(2)16-10-6-8-12-19(16)30-3/h1,5-12,17,20H,2,13H2,3H3. The maximum absolute atomic E-state index is 14.9. The van der Waals surface area contributed by atoms with Crippen molar-refractivity contribution in [2.24, 2.45) is 11.8 Å². The molecule has 1 aliphatic carbocycles. The number of halogens is 6. The van der Waals surface area contributed by atoms with Gasteiger partial charge in [-0.3, -0.25) is 0 Å². The quantitative estimate of drug-likeness (QED) is 0.243. The van der Waals surface area contributed by atoms with E-state index in [2.05, 4.69) is 11.8 Å². The van der Waals surface area contributed by atoms with Gasteiger partial charge in [-0.2, -0.15) is 26.3 Å². The number of hydrogen-bond donors (Lipinski definition) is 0. The highest BCUT2D eigenvalue weighted by atomic mass is 32.2. The maximum Gasteiger partial charge on any atom is 0.372 e. The fourth-order valence-corrected chi connectivity index (χ4v) is 5.16. The molecule has 0 spiro atoms. The summed E-state index contributed by atoms with van der Waals surface area (Å²) in [4.78, 5) is 0.872. The van der Waals surface area contributed by atoms with Gasteiger partial charge in [-0.15, -0.1) is 18.2 Å². The second-order valence-corrected chi connectivity index (χ2v) is 8.89. The molecule has 0 saturated heterocycles. The van der Waals surface area contributed by atoms with Crippen molar-refractivity contribution in [3.63, 3.8) is 0 Å². The van der Waals surface area contributed by atoms with E-state index in [-0.39, 0.29) is 11.1 Å². The normalized spacial score (nSPS) is 23.3. The van der Waals surface area contributed by atoms with Crippen molar-refractivity contribution in [3.8, 4) is 11.7 Å². The molecule has 1 saturated carbocycles. The largest absolute Gasteiger partial charge is 0.372 e. The molecule has 0 nitrogen and oxygen atoms in total. The molecule has 0 heterocycles. The number of alkyl halides is 6. The molecule has 2 aromatic carbocycles. The molecule has 3 rings (SSSR count). The van der Waals surface area contributed by atoms with Crippen LogP contribution >= 0.6 is 23.5 Å². The molecule has 0 aromatic heterocycles. The topological polar surface area (TPSA) is 0 Å². The third-order valence-corrected chi connectivity index (χ3v) is 7.04. The van der Waals surface area contributed by atoms with E-state index in [0.29, 0.717) is 9.79 Å². The molecule has 1 fully saturated rings. The van der Waals surface area contributed by atoms with Gasteiger partial charge in [0.25, 0.3) is 0 Å². The molecular formula is C23H18F6S2. The van der Waals surface area contributed by atoms with E-state index in [4.69, 9.17) is 6.42 Å². The molecule has 0 amide bonds. The van der Waals surface area contributed by atoms with Gasteiger partial charge < -0.3 is 0 Å². The average Bonchev–Trinajstić information content (AvgIpc) is 2.83. The molecule has 0 N–H and O–H groups in total. The van der Waals surface area contributed by atoms with Crippen LogP contribution in [0, 0.1) is 23.5 Å². The summed E-state index contributed by atoms with van der Waals surface area (Å²) in [7, 11) is 0. The van der Waals surface area contributed by atoms with Gasteiger partial charge in [0.05, 0.1) is 5.92 Å². The summed E-state index contributed by atoms with van der Waals surface area (Å²) in [6.07, 6.45) is 6.24. The van der Waals surface area contributed by atoms with Gasteiger partial charge in [-0.25, -0.2) is 0 Å². The first kappa shape index (κ1) is 23.7. The lowest BCUT2D eigenvalue weighted by atomic mass is 9.80. The van der Waals surface area contributed by atoms with Crippen LogP contribution in [0.25, 0.3) is 5.57 Å². The lowest BCUT2D eigenvalue weighted by Crippen LogP contribution is -2.48. The molecule has 0 radical (unpaired) electrons. The summed E-state index contributed by atoms with van der Waals surface area (Å²) in [5, 5.41) is 2.29. The Hall–Kier alpha value is -1.98. The third-order valence-electron chi connectivity index (χ3n) is 5.51. The number of hydrogen-bond acceptors (Lipinski definition) is 2. The van der Waals surface area contributed by atoms with Gasteiger partial charge in [0.1, 0.15) is 0 Å².